The topological polar surface area (TPSA) is 85.1 Å². The summed E-state index contributed by atoms with van der Waals surface area (Å²) >= 11 is 1.55. The molecule has 7 heteroatoms. The molecular weight excluding hydrogens is 314 g/mol. The lowest BCUT2D eigenvalue weighted by molar-refractivity contribution is -0.385. The summed E-state index contributed by atoms with van der Waals surface area (Å²) < 4.78 is 0.992. The van der Waals surface area contributed by atoms with Gasteiger partial charge in [-0.25, -0.2) is 4.98 Å². The summed E-state index contributed by atoms with van der Waals surface area (Å²) in [5.41, 5.74) is 1.90. The fraction of sp³-hybridized carbons (Fsp3) is 0.125. The fourth-order valence-electron chi connectivity index (χ4n) is 2.33. The highest BCUT2D eigenvalue weighted by Gasteiger charge is 2.15. The zero-order valence-electron chi connectivity index (χ0n) is 12.3. The van der Waals surface area contributed by atoms with Crippen molar-refractivity contribution < 1.29 is 9.72 Å². The van der Waals surface area contributed by atoms with Crippen LogP contribution in [0.15, 0.2) is 42.5 Å². The summed E-state index contributed by atoms with van der Waals surface area (Å²) in [6.07, 6.45) is -0.0447. The van der Waals surface area contributed by atoms with Gasteiger partial charge < -0.3 is 5.32 Å². The molecule has 0 saturated carbocycles. The number of hydrogen-bond donors (Lipinski definition) is 1. The van der Waals surface area contributed by atoms with Gasteiger partial charge in [-0.3, -0.25) is 14.9 Å². The molecule has 6 nitrogen and oxygen atoms in total. The Labute approximate surface area is 135 Å². The highest BCUT2D eigenvalue weighted by molar-refractivity contribution is 7.18. The van der Waals surface area contributed by atoms with Crippen LogP contribution in [0.1, 0.15) is 10.6 Å². The van der Waals surface area contributed by atoms with Gasteiger partial charge in [0.2, 0.25) is 5.91 Å². The Kier molecular flexibility index (Phi) is 4.03. The molecule has 0 spiro atoms. The molecule has 0 aliphatic heterocycles. The lowest BCUT2D eigenvalue weighted by atomic mass is 10.1. The van der Waals surface area contributed by atoms with Gasteiger partial charge in [0.25, 0.3) is 5.69 Å². The second-order valence-electron chi connectivity index (χ2n) is 5.03. The Morgan fingerprint density at radius 3 is 2.87 bits per heavy atom. The van der Waals surface area contributed by atoms with E-state index in [-0.39, 0.29) is 18.0 Å². The van der Waals surface area contributed by atoms with E-state index in [4.69, 9.17) is 0 Å². The molecule has 0 aliphatic rings. The lowest BCUT2D eigenvalue weighted by Crippen LogP contribution is -2.15. The third-order valence-electron chi connectivity index (χ3n) is 3.32. The predicted octanol–water partition coefficient (Wildman–Crippen LogP) is 3.69. The molecule has 23 heavy (non-hydrogen) atoms. The molecule has 1 aromatic heterocycles. The van der Waals surface area contributed by atoms with Gasteiger partial charge in [-0.05, 0) is 25.1 Å². The minimum Gasteiger partial charge on any atom is -0.326 e. The first kappa shape index (κ1) is 15.1. The van der Waals surface area contributed by atoms with Gasteiger partial charge in [-0.1, -0.05) is 18.2 Å². The SMILES string of the molecule is Cc1nc2ccc(NC(=O)Cc3ccccc3[N+](=O)[O-])cc2s1. The third kappa shape index (κ3) is 3.35. The molecule has 0 atom stereocenters. The van der Waals surface area contributed by atoms with Crippen LogP contribution >= 0.6 is 11.3 Å². The van der Waals surface area contributed by atoms with Crippen molar-refractivity contribution in [3.05, 3.63) is 63.1 Å². The monoisotopic (exact) mass is 327 g/mol. The third-order valence-corrected chi connectivity index (χ3v) is 4.25. The summed E-state index contributed by atoms with van der Waals surface area (Å²) in [6.45, 7) is 1.93. The number of aryl methyl sites for hydroxylation is 1. The number of benzene rings is 2. The van der Waals surface area contributed by atoms with E-state index in [1.54, 1.807) is 35.6 Å². The molecule has 0 unspecified atom stereocenters. The quantitative estimate of drug-likeness (QED) is 0.585. The maximum Gasteiger partial charge on any atom is 0.273 e. The van der Waals surface area contributed by atoms with E-state index in [0.717, 1.165) is 15.2 Å². The molecule has 1 heterocycles. The van der Waals surface area contributed by atoms with Crippen LogP contribution in [0.25, 0.3) is 10.2 Å². The maximum atomic E-state index is 12.2. The molecule has 0 radical (unpaired) electrons. The number of carbonyl (C=O) groups is 1. The molecule has 3 aromatic rings. The number of nitrogens with zero attached hydrogens (tertiary/aromatic N) is 2. The molecule has 0 fully saturated rings. The molecule has 3 rings (SSSR count). The first-order valence-corrected chi connectivity index (χ1v) is 7.74. The smallest absolute Gasteiger partial charge is 0.273 e. The van der Waals surface area contributed by atoms with E-state index >= 15 is 0 Å². The van der Waals surface area contributed by atoms with E-state index in [1.165, 1.54) is 6.07 Å². The number of nitro benzene ring substituents is 1. The molecule has 116 valence electrons. The van der Waals surface area contributed by atoms with Gasteiger partial charge in [0, 0.05) is 17.3 Å². The second kappa shape index (κ2) is 6.13. The Morgan fingerprint density at radius 1 is 1.30 bits per heavy atom. The van der Waals surface area contributed by atoms with Crippen molar-refractivity contribution in [2.45, 2.75) is 13.3 Å². The van der Waals surface area contributed by atoms with Crippen LogP contribution < -0.4 is 5.32 Å². The largest absolute Gasteiger partial charge is 0.326 e. The van der Waals surface area contributed by atoms with Crippen molar-refractivity contribution in [2.75, 3.05) is 5.32 Å². The minimum atomic E-state index is -0.477. The van der Waals surface area contributed by atoms with Crippen LogP contribution in [0.4, 0.5) is 11.4 Å². The normalized spacial score (nSPS) is 10.7. The van der Waals surface area contributed by atoms with E-state index < -0.39 is 4.92 Å². The molecule has 2 aromatic carbocycles. The van der Waals surface area contributed by atoms with Crippen LogP contribution in [-0.2, 0) is 11.2 Å². The van der Waals surface area contributed by atoms with Crippen molar-refractivity contribution in [3.8, 4) is 0 Å². The average Bonchev–Trinajstić information content (AvgIpc) is 2.86. The number of fused-ring (bicyclic) bond motifs is 1. The van der Waals surface area contributed by atoms with Crippen LogP contribution in [0.3, 0.4) is 0 Å². The van der Waals surface area contributed by atoms with Crippen molar-refractivity contribution in [2.24, 2.45) is 0 Å². The Morgan fingerprint density at radius 2 is 2.09 bits per heavy atom. The van der Waals surface area contributed by atoms with Crippen molar-refractivity contribution in [1.82, 2.24) is 4.98 Å². The molecular formula is C16H13N3O3S. The van der Waals surface area contributed by atoms with Crippen LogP contribution in [-0.4, -0.2) is 15.8 Å². The molecule has 0 saturated heterocycles. The summed E-state index contributed by atoms with van der Waals surface area (Å²) in [5, 5.41) is 14.7. The number of rotatable bonds is 4. The van der Waals surface area contributed by atoms with Gasteiger partial charge in [-0.15, -0.1) is 11.3 Å². The fourth-order valence-corrected chi connectivity index (χ4v) is 3.20. The van der Waals surface area contributed by atoms with Gasteiger partial charge in [0.05, 0.1) is 26.6 Å². The summed E-state index contributed by atoms with van der Waals surface area (Å²) in [7, 11) is 0. The number of thiazole rings is 1. The molecule has 0 bridgehead atoms. The highest BCUT2D eigenvalue weighted by atomic mass is 32.1. The summed E-state index contributed by atoms with van der Waals surface area (Å²) in [6, 6.07) is 11.7. The van der Waals surface area contributed by atoms with Crippen molar-refractivity contribution >= 4 is 38.8 Å². The standard InChI is InChI=1S/C16H13N3O3S/c1-10-17-13-7-6-12(9-15(13)23-10)18-16(20)8-11-4-2-3-5-14(11)19(21)22/h2-7,9H,8H2,1H3,(H,18,20). The first-order chi connectivity index (χ1) is 11.0. The average molecular weight is 327 g/mol. The number of aromatic nitrogens is 1. The lowest BCUT2D eigenvalue weighted by Gasteiger charge is -2.06. The number of para-hydroxylation sites is 1. The van der Waals surface area contributed by atoms with Crippen molar-refractivity contribution in [3.63, 3.8) is 0 Å². The second-order valence-corrected chi connectivity index (χ2v) is 6.26. The molecule has 1 N–H and O–H groups in total. The maximum absolute atomic E-state index is 12.2. The number of amides is 1. The predicted molar refractivity (Wildman–Crippen MR) is 89.8 cm³/mol. The molecule has 1 amide bonds. The summed E-state index contributed by atoms with van der Waals surface area (Å²) in [5.74, 6) is -0.292. The van der Waals surface area contributed by atoms with Crippen LogP contribution in [0.2, 0.25) is 0 Å². The summed E-state index contributed by atoms with van der Waals surface area (Å²) in [4.78, 5) is 27.0. The van der Waals surface area contributed by atoms with Crippen LogP contribution in [0, 0.1) is 17.0 Å². The van der Waals surface area contributed by atoms with Gasteiger partial charge in [0.1, 0.15) is 0 Å². The number of nitrogens with one attached hydrogen (secondary N) is 1. The molecule has 0 aliphatic carbocycles. The zero-order chi connectivity index (χ0) is 16.4. The number of nitro groups is 1. The number of hydrogen-bond acceptors (Lipinski definition) is 5. The van der Waals surface area contributed by atoms with Gasteiger partial charge in [0.15, 0.2) is 0 Å². The minimum absolute atomic E-state index is 0.0447. The Balaban J connectivity index is 1.77. The highest BCUT2D eigenvalue weighted by Crippen LogP contribution is 2.25. The van der Waals surface area contributed by atoms with E-state index in [9.17, 15) is 14.9 Å². The number of anilines is 1. The van der Waals surface area contributed by atoms with Gasteiger partial charge in [-0.2, -0.15) is 0 Å². The Hall–Kier alpha value is -2.80. The van der Waals surface area contributed by atoms with Gasteiger partial charge >= 0.3 is 0 Å². The number of carbonyl (C=O) groups excluding carboxylic acids is 1. The van der Waals surface area contributed by atoms with Crippen molar-refractivity contribution in [1.29, 1.82) is 0 Å². The van der Waals surface area contributed by atoms with E-state index in [1.807, 2.05) is 19.1 Å². The van der Waals surface area contributed by atoms with E-state index in [0.29, 0.717) is 11.3 Å². The Bertz CT molecular complexity index is 904. The van der Waals surface area contributed by atoms with E-state index in [2.05, 4.69) is 10.3 Å². The first-order valence-electron chi connectivity index (χ1n) is 6.92. The zero-order valence-corrected chi connectivity index (χ0v) is 13.1. The van der Waals surface area contributed by atoms with Crippen LogP contribution in [0.5, 0.6) is 0 Å².